The molecule has 2 N–H and O–H groups in total. The zero-order valence-corrected chi connectivity index (χ0v) is 14.5. The Morgan fingerprint density at radius 3 is 2.91 bits per heavy atom. The summed E-state index contributed by atoms with van der Waals surface area (Å²) in [5.41, 5.74) is 1.69. The van der Waals surface area contributed by atoms with Crippen LogP contribution in [0.1, 0.15) is 24.1 Å². The van der Waals surface area contributed by atoms with Gasteiger partial charge < -0.3 is 15.1 Å². The number of aliphatic hydroxyl groups excluding tert-OH is 2. The predicted octanol–water partition coefficient (Wildman–Crippen LogP) is 3.11. The van der Waals surface area contributed by atoms with E-state index in [4.69, 9.17) is 11.6 Å². The number of hydrogen-bond donors (Lipinski definition) is 2. The fourth-order valence-electron chi connectivity index (χ4n) is 3.29. The molecule has 2 aromatic rings. The van der Waals surface area contributed by atoms with Crippen molar-refractivity contribution in [3.05, 3.63) is 45.9 Å². The molecule has 1 fully saturated rings. The largest absolute Gasteiger partial charge is 0.396 e. The van der Waals surface area contributed by atoms with Gasteiger partial charge in [-0.2, -0.15) is 0 Å². The Hall–Kier alpha value is -1.14. The quantitative estimate of drug-likeness (QED) is 0.868. The van der Waals surface area contributed by atoms with Crippen LogP contribution in [0, 0.1) is 5.41 Å². The first-order valence-corrected chi connectivity index (χ1v) is 9.05. The molecule has 0 amide bonds. The van der Waals surface area contributed by atoms with Crippen molar-refractivity contribution in [3.63, 3.8) is 0 Å². The van der Waals surface area contributed by atoms with Crippen LogP contribution in [-0.2, 0) is 13.0 Å². The highest BCUT2D eigenvalue weighted by molar-refractivity contribution is 7.13. The molecule has 1 aromatic carbocycles. The smallest absolute Gasteiger partial charge is 0.185 e. The first-order chi connectivity index (χ1) is 11.1. The van der Waals surface area contributed by atoms with E-state index in [0.29, 0.717) is 5.69 Å². The van der Waals surface area contributed by atoms with E-state index in [1.54, 1.807) is 11.3 Å². The molecule has 0 unspecified atom stereocenters. The monoisotopic (exact) mass is 352 g/mol. The van der Waals surface area contributed by atoms with Crippen molar-refractivity contribution in [1.29, 1.82) is 0 Å². The van der Waals surface area contributed by atoms with Gasteiger partial charge in [0.1, 0.15) is 0 Å². The number of aliphatic hydroxyl groups is 2. The lowest BCUT2D eigenvalue weighted by Gasteiger charge is -2.42. The van der Waals surface area contributed by atoms with E-state index >= 15 is 0 Å². The summed E-state index contributed by atoms with van der Waals surface area (Å²) in [6.07, 6.45) is 2.82. The second kappa shape index (κ2) is 7.18. The van der Waals surface area contributed by atoms with Gasteiger partial charge in [-0.25, -0.2) is 4.98 Å². The molecule has 3 rings (SSSR count). The predicted molar refractivity (Wildman–Crippen MR) is 94.2 cm³/mol. The Morgan fingerprint density at radius 2 is 2.22 bits per heavy atom. The van der Waals surface area contributed by atoms with Crippen LogP contribution in [0.2, 0.25) is 5.02 Å². The van der Waals surface area contributed by atoms with Crippen molar-refractivity contribution in [3.8, 4) is 0 Å². The summed E-state index contributed by atoms with van der Waals surface area (Å²) >= 11 is 7.64. The van der Waals surface area contributed by atoms with Crippen molar-refractivity contribution in [2.75, 3.05) is 24.6 Å². The number of rotatable bonds is 5. The lowest BCUT2D eigenvalue weighted by Crippen LogP contribution is -2.46. The summed E-state index contributed by atoms with van der Waals surface area (Å²) in [7, 11) is 0. The Morgan fingerprint density at radius 1 is 1.35 bits per heavy atom. The fourth-order valence-corrected chi connectivity index (χ4v) is 4.35. The van der Waals surface area contributed by atoms with E-state index in [2.05, 4.69) is 16.0 Å². The third kappa shape index (κ3) is 3.86. The number of anilines is 1. The van der Waals surface area contributed by atoms with Crippen molar-refractivity contribution < 1.29 is 10.2 Å². The number of hydrogen-bond acceptors (Lipinski definition) is 5. The lowest BCUT2D eigenvalue weighted by atomic mass is 9.76. The van der Waals surface area contributed by atoms with Crippen LogP contribution in [0.5, 0.6) is 0 Å². The molecule has 1 atom stereocenters. The van der Waals surface area contributed by atoms with Gasteiger partial charge in [-0.15, -0.1) is 11.3 Å². The minimum absolute atomic E-state index is 0.0298. The van der Waals surface area contributed by atoms with Crippen LogP contribution < -0.4 is 4.90 Å². The molecular formula is C17H21ClN2O2S. The zero-order valence-electron chi connectivity index (χ0n) is 12.9. The molecule has 0 saturated carbocycles. The van der Waals surface area contributed by atoms with Crippen LogP contribution in [0.3, 0.4) is 0 Å². The fraction of sp³-hybridized carbons (Fsp3) is 0.471. The Balaban J connectivity index is 1.78. The molecule has 1 saturated heterocycles. The SMILES string of the molecule is OCc1csc(N2CCC[C@@](CO)(Cc3cccc(Cl)c3)C2)n1. The highest BCUT2D eigenvalue weighted by Gasteiger charge is 2.36. The second-order valence-corrected chi connectivity index (χ2v) is 7.54. The normalized spacial score (nSPS) is 21.6. The topological polar surface area (TPSA) is 56.6 Å². The molecule has 4 nitrogen and oxygen atoms in total. The number of thiazole rings is 1. The molecule has 23 heavy (non-hydrogen) atoms. The Labute approximate surface area is 145 Å². The van der Waals surface area contributed by atoms with E-state index in [0.717, 1.165) is 48.1 Å². The van der Waals surface area contributed by atoms with Gasteiger partial charge in [0.25, 0.3) is 0 Å². The van der Waals surface area contributed by atoms with Gasteiger partial charge in [-0.1, -0.05) is 23.7 Å². The average molecular weight is 353 g/mol. The molecular weight excluding hydrogens is 332 g/mol. The molecule has 2 heterocycles. The van der Waals surface area contributed by atoms with Gasteiger partial charge in [0.05, 0.1) is 18.9 Å². The summed E-state index contributed by atoms with van der Waals surface area (Å²) < 4.78 is 0. The standard InChI is InChI=1S/C17H21ClN2O2S/c18-14-4-1-3-13(7-14)8-17(12-22)5-2-6-20(11-17)16-19-15(9-21)10-23-16/h1,3-4,7,10,21-22H,2,5-6,8-9,11-12H2/t17-/m1/s1. The van der Waals surface area contributed by atoms with Gasteiger partial charge in [0.2, 0.25) is 0 Å². The van der Waals surface area contributed by atoms with E-state index in [-0.39, 0.29) is 18.6 Å². The van der Waals surface area contributed by atoms with Gasteiger partial charge in [-0.3, -0.25) is 0 Å². The van der Waals surface area contributed by atoms with Crippen LogP contribution in [0.4, 0.5) is 5.13 Å². The van der Waals surface area contributed by atoms with Gasteiger partial charge in [0.15, 0.2) is 5.13 Å². The van der Waals surface area contributed by atoms with Crippen LogP contribution in [0.15, 0.2) is 29.6 Å². The third-order valence-corrected chi connectivity index (χ3v) is 5.62. The number of piperidine rings is 1. The minimum Gasteiger partial charge on any atom is -0.396 e. The zero-order chi connectivity index (χ0) is 16.3. The molecule has 1 aliphatic heterocycles. The highest BCUT2D eigenvalue weighted by Crippen LogP contribution is 2.36. The summed E-state index contributed by atoms with van der Waals surface area (Å²) in [5, 5.41) is 22.8. The first-order valence-electron chi connectivity index (χ1n) is 7.80. The molecule has 6 heteroatoms. The summed E-state index contributed by atoms with van der Waals surface area (Å²) in [4.78, 5) is 6.70. The van der Waals surface area contributed by atoms with Crippen LogP contribution >= 0.6 is 22.9 Å². The highest BCUT2D eigenvalue weighted by atomic mass is 35.5. The van der Waals surface area contributed by atoms with Gasteiger partial charge in [-0.05, 0) is 37.0 Å². The van der Waals surface area contributed by atoms with Crippen molar-refractivity contribution in [2.24, 2.45) is 5.41 Å². The second-order valence-electron chi connectivity index (χ2n) is 6.27. The van der Waals surface area contributed by atoms with Crippen LogP contribution in [-0.4, -0.2) is 34.9 Å². The lowest BCUT2D eigenvalue weighted by molar-refractivity contribution is 0.105. The Kier molecular flexibility index (Phi) is 5.21. The summed E-state index contributed by atoms with van der Waals surface area (Å²) in [5.74, 6) is 0. The molecule has 0 radical (unpaired) electrons. The molecule has 0 spiro atoms. The summed E-state index contributed by atoms with van der Waals surface area (Å²) in [6.45, 7) is 1.83. The maximum Gasteiger partial charge on any atom is 0.185 e. The third-order valence-electron chi connectivity index (χ3n) is 4.44. The Bertz CT molecular complexity index is 664. The van der Waals surface area contributed by atoms with Crippen molar-refractivity contribution >= 4 is 28.1 Å². The van der Waals surface area contributed by atoms with Crippen molar-refractivity contribution in [1.82, 2.24) is 4.98 Å². The number of halogens is 1. The maximum atomic E-state index is 10.1. The first kappa shape index (κ1) is 16.7. The molecule has 1 aliphatic rings. The van der Waals surface area contributed by atoms with E-state index < -0.39 is 0 Å². The van der Waals surface area contributed by atoms with Crippen molar-refractivity contribution in [2.45, 2.75) is 25.9 Å². The van der Waals surface area contributed by atoms with E-state index in [9.17, 15) is 10.2 Å². The van der Waals surface area contributed by atoms with Gasteiger partial charge >= 0.3 is 0 Å². The minimum atomic E-state index is -0.173. The number of aromatic nitrogens is 1. The van der Waals surface area contributed by atoms with Gasteiger partial charge in [0, 0.05) is 28.9 Å². The van der Waals surface area contributed by atoms with E-state index in [1.807, 2.05) is 23.6 Å². The maximum absolute atomic E-state index is 10.1. The number of benzene rings is 1. The average Bonchev–Trinajstić information content (AvgIpc) is 3.04. The van der Waals surface area contributed by atoms with Crippen LogP contribution in [0.25, 0.3) is 0 Å². The molecule has 1 aromatic heterocycles. The summed E-state index contributed by atoms with van der Waals surface area (Å²) in [6, 6.07) is 7.87. The molecule has 0 aliphatic carbocycles. The molecule has 0 bridgehead atoms. The number of nitrogens with zero attached hydrogens (tertiary/aromatic N) is 2. The van der Waals surface area contributed by atoms with E-state index in [1.165, 1.54) is 0 Å². The molecule has 124 valence electrons.